The van der Waals surface area contributed by atoms with E-state index in [0.29, 0.717) is 11.4 Å². The zero-order valence-corrected chi connectivity index (χ0v) is 17.2. The second-order valence-corrected chi connectivity index (χ2v) is 7.72. The van der Waals surface area contributed by atoms with Gasteiger partial charge in [0, 0.05) is 14.3 Å². The summed E-state index contributed by atoms with van der Waals surface area (Å²) in [5.74, 6) is -1.93. The first-order chi connectivity index (χ1) is 12.0. The van der Waals surface area contributed by atoms with E-state index in [1.54, 1.807) is 24.3 Å². The minimum absolute atomic E-state index is 0.0660. The Hall–Kier alpha value is -1.65. The smallest absolute Gasteiger partial charge is 0.251 e. The molecular formula is C17H11BrIN3O2S. The zero-order valence-electron chi connectivity index (χ0n) is 12.6. The van der Waals surface area contributed by atoms with Gasteiger partial charge in [-0.15, -0.1) is 0 Å². The summed E-state index contributed by atoms with van der Waals surface area (Å²) in [5, 5.41) is 2.63. The van der Waals surface area contributed by atoms with E-state index in [9.17, 15) is 9.59 Å². The first-order valence-corrected chi connectivity index (χ1v) is 9.48. The molecule has 126 valence electrons. The molecule has 0 spiro atoms. The number of aliphatic imine (C=N–C) groups is 1. The Balaban J connectivity index is 1.87. The second kappa shape index (κ2) is 7.71. The standard InChI is InChI=1S/C17H11BrIN3O2S/c18-10-1-7-13(8-2-10)22-16(24)14(15(23)21-17(22)25)9-20-12-5-3-11(19)4-6-12/h1-9,14H,(H,21,23,25)/t14-/m1/s1. The minimum Gasteiger partial charge on any atom is -0.301 e. The van der Waals surface area contributed by atoms with Crippen molar-refractivity contribution in [2.24, 2.45) is 10.9 Å². The number of carbonyl (C=O) groups excluding carboxylic acids is 2. The van der Waals surface area contributed by atoms with Crippen LogP contribution >= 0.6 is 50.7 Å². The first kappa shape index (κ1) is 18.2. The Kier molecular flexibility index (Phi) is 5.60. The maximum Gasteiger partial charge on any atom is 0.251 e. The van der Waals surface area contributed by atoms with Gasteiger partial charge in [0.2, 0.25) is 5.91 Å². The van der Waals surface area contributed by atoms with Crippen molar-refractivity contribution >= 4 is 85.3 Å². The van der Waals surface area contributed by atoms with Gasteiger partial charge in [-0.3, -0.25) is 19.5 Å². The van der Waals surface area contributed by atoms with Crippen molar-refractivity contribution in [3.8, 4) is 0 Å². The Morgan fingerprint density at radius 1 is 1.12 bits per heavy atom. The molecule has 1 fully saturated rings. The number of halogens is 2. The molecule has 0 bridgehead atoms. The summed E-state index contributed by atoms with van der Waals surface area (Å²) < 4.78 is 1.96. The molecule has 1 N–H and O–H groups in total. The van der Waals surface area contributed by atoms with Gasteiger partial charge in [0.05, 0.1) is 11.4 Å². The van der Waals surface area contributed by atoms with E-state index in [1.807, 2.05) is 24.3 Å². The van der Waals surface area contributed by atoms with Crippen LogP contribution < -0.4 is 10.2 Å². The van der Waals surface area contributed by atoms with Gasteiger partial charge in [-0.1, -0.05) is 15.9 Å². The second-order valence-electron chi connectivity index (χ2n) is 5.18. The molecule has 0 aliphatic carbocycles. The summed E-state index contributed by atoms with van der Waals surface area (Å²) in [6, 6.07) is 14.5. The van der Waals surface area contributed by atoms with Gasteiger partial charge in [0.1, 0.15) is 0 Å². The molecule has 2 amide bonds. The lowest BCUT2D eigenvalue weighted by atomic mass is 10.1. The van der Waals surface area contributed by atoms with Crippen LogP contribution in [0.2, 0.25) is 0 Å². The van der Waals surface area contributed by atoms with Crippen LogP contribution in [0.4, 0.5) is 11.4 Å². The summed E-state index contributed by atoms with van der Waals surface area (Å²) >= 11 is 10.7. The molecule has 1 saturated heterocycles. The topological polar surface area (TPSA) is 61.8 Å². The predicted octanol–water partition coefficient (Wildman–Crippen LogP) is 3.82. The Morgan fingerprint density at radius 3 is 2.40 bits per heavy atom. The van der Waals surface area contributed by atoms with Gasteiger partial charge in [-0.05, 0) is 83.3 Å². The van der Waals surface area contributed by atoms with E-state index in [0.717, 1.165) is 8.04 Å². The van der Waals surface area contributed by atoms with Crippen LogP contribution in [0.1, 0.15) is 0 Å². The average molecular weight is 528 g/mol. The van der Waals surface area contributed by atoms with E-state index < -0.39 is 17.7 Å². The van der Waals surface area contributed by atoms with E-state index in [-0.39, 0.29) is 5.11 Å². The first-order valence-electron chi connectivity index (χ1n) is 7.20. The third-order valence-corrected chi connectivity index (χ3v) is 5.02. The third-order valence-electron chi connectivity index (χ3n) is 3.49. The van der Waals surface area contributed by atoms with Crippen LogP contribution in [0.15, 0.2) is 58.0 Å². The third kappa shape index (κ3) is 4.13. The Bertz CT molecular complexity index is 868. The zero-order chi connectivity index (χ0) is 18.0. The molecule has 2 aromatic rings. The highest BCUT2D eigenvalue weighted by atomic mass is 127. The van der Waals surface area contributed by atoms with Crippen molar-refractivity contribution in [2.75, 3.05) is 4.90 Å². The van der Waals surface area contributed by atoms with E-state index in [2.05, 4.69) is 48.8 Å². The quantitative estimate of drug-likeness (QED) is 0.286. The van der Waals surface area contributed by atoms with Crippen molar-refractivity contribution in [1.29, 1.82) is 0 Å². The van der Waals surface area contributed by atoms with E-state index in [1.165, 1.54) is 11.1 Å². The van der Waals surface area contributed by atoms with Crippen LogP contribution in [-0.4, -0.2) is 23.1 Å². The summed E-state index contributed by atoms with van der Waals surface area (Å²) in [6.45, 7) is 0. The van der Waals surface area contributed by atoms with Gasteiger partial charge >= 0.3 is 0 Å². The molecule has 0 radical (unpaired) electrons. The number of amides is 2. The van der Waals surface area contributed by atoms with Crippen molar-refractivity contribution in [3.05, 3.63) is 56.6 Å². The summed E-state index contributed by atoms with van der Waals surface area (Å²) in [7, 11) is 0. The molecular weight excluding hydrogens is 517 g/mol. The van der Waals surface area contributed by atoms with Crippen LogP contribution in [0.25, 0.3) is 0 Å². The van der Waals surface area contributed by atoms with Gasteiger partial charge in [0.15, 0.2) is 11.0 Å². The van der Waals surface area contributed by atoms with Gasteiger partial charge in [-0.2, -0.15) is 0 Å². The summed E-state index contributed by atoms with van der Waals surface area (Å²) in [5.41, 5.74) is 1.26. The highest BCUT2D eigenvalue weighted by Gasteiger charge is 2.38. The highest BCUT2D eigenvalue weighted by molar-refractivity contribution is 14.1. The lowest BCUT2D eigenvalue weighted by Gasteiger charge is -2.30. The van der Waals surface area contributed by atoms with Crippen molar-refractivity contribution in [1.82, 2.24) is 5.32 Å². The van der Waals surface area contributed by atoms with Crippen LogP contribution in [-0.2, 0) is 9.59 Å². The number of benzene rings is 2. The normalized spacial score (nSPS) is 17.9. The van der Waals surface area contributed by atoms with E-state index >= 15 is 0 Å². The van der Waals surface area contributed by atoms with Crippen LogP contribution in [0.5, 0.6) is 0 Å². The van der Waals surface area contributed by atoms with Crippen LogP contribution in [0, 0.1) is 9.49 Å². The molecule has 2 aromatic carbocycles. The molecule has 3 rings (SSSR count). The number of thiocarbonyl (C=S) groups is 1. The molecule has 0 unspecified atom stereocenters. The van der Waals surface area contributed by atoms with Crippen LogP contribution in [0.3, 0.4) is 0 Å². The number of hydrogen-bond donors (Lipinski definition) is 1. The molecule has 1 atom stereocenters. The van der Waals surface area contributed by atoms with Crippen molar-refractivity contribution in [3.63, 3.8) is 0 Å². The average Bonchev–Trinajstić information content (AvgIpc) is 2.57. The maximum absolute atomic E-state index is 12.8. The number of nitrogens with zero attached hydrogens (tertiary/aromatic N) is 2. The minimum atomic E-state index is -1.03. The fourth-order valence-electron chi connectivity index (χ4n) is 2.24. The van der Waals surface area contributed by atoms with Gasteiger partial charge < -0.3 is 5.32 Å². The SMILES string of the molecule is O=C1NC(=S)N(c2ccc(Br)cc2)C(=O)[C@@H]1C=Nc1ccc(I)cc1. The van der Waals surface area contributed by atoms with Gasteiger partial charge in [-0.25, -0.2) is 0 Å². The molecule has 5 nitrogen and oxygen atoms in total. The highest BCUT2D eigenvalue weighted by Crippen LogP contribution is 2.23. The van der Waals surface area contributed by atoms with E-state index in [4.69, 9.17) is 12.2 Å². The maximum atomic E-state index is 12.8. The van der Waals surface area contributed by atoms with Crippen molar-refractivity contribution in [2.45, 2.75) is 0 Å². The lowest BCUT2D eigenvalue weighted by Crippen LogP contribution is -2.58. The predicted molar refractivity (Wildman–Crippen MR) is 113 cm³/mol. The monoisotopic (exact) mass is 527 g/mol. The molecule has 8 heteroatoms. The number of rotatable bonds is 3. The molecule has 1 heterocycles. The number of hydrogen-bond acceptors (Lipinski definition) is 4. The summed E-state index contributed by atoms with van der Waals surface area (Å²) in [4.78, 5) is 30.5. The lowest BCUT2D eigenvalue weighted by molar-refractivity contribution is -0.130. The number of anilines is 1. The molecule has 0 saturated carbocycles. The fraction of sp³-hybridized carbons (Fsp3) is 0.0588. The Labute approximate surface area is 171 Å². The Morgan fingerprint density at radius 2 is 1.76 bits per heavy atom. The number of nitrogens with one attached hydrogen (secondary N) is 1. The largest absolute Gasteiger partial charge is 0.301 e. The number of carbonyl (C=O) groups is 2. The summed E-state index contributed by atoms with van der Waals surface area (Å²) in [6.07, 6.45) is 1.35. The van der Waals surface area contributed by atoms with Crippen molar-refractivity contribution < 1.29 is 9.59 Å². The molecule has 1 aliphatic heterocycles. The molecule has 0 aromatic heterocycles. The molecule has 25 heavy (non-hydrogen) atoms. The molecule has 1 aliphatic rings. The van der Waals surface area contributed by atoms with Gasteiger partial charge in [0.25, 0.3) is 5.91 Å². The fourth-order valence-corrected chi connectivity index (χ4v) is 3.16.